The van der Waals surface area contributed by atoms with Gasteiger partial charge in [0.1, 0.15) is 12.6 Å². The van der Waals surface area contributed by atoms with Gasteiger partial charge in [0.15, 0.2) is 5.78 Å². The van der Waals surface area contributed by atoms with Gasteiger partial charge in [0.05, 0.1) is 26.4 Å². The number of hydrogen-bond donors (Lipinski definition) is 3. The number of amides is 1. The summed E-state index contributed by atoms with van der Waals surface area (Å²) in [6, 6.07) is 8.08. The van der Waals surface area contributed by atoms with Gasteiger partial charge in [-0.25, -0.2) is 0 Å². The number of ketones is 8. The van der Waals surface area contributed by atoms with Crippen molar-refractivity contribution in [3.63, 3.8) is 0 Å². The molecule has 0 bridgehead atoms. The zero-order chi connectivity index (χ0) is 68.7. The Morgan fingerprint density at radius 1 is 0.411 bits per heavy atom. The van der Waals surface area contributed by atoms with Crippen molar-refractivity contribution >= 4 is 288 Å². The van der Waals surface area contributed by atoms with E-state index in [0.717, 1.165) is 36.3 Å². The number of hydrogen-bond acceptors (Lipinski definition) is 15. The maximum absolute atomic E-state index is 14.7. The van der Waals surface area contributed by atoms with Gasteiger partial charge in [-0.1, -0.05) is 0 Å². The van der Waals surface area contributed by atoms with E-state index >= 15 is 0 Å². The summed E-state index contributed by atoms with van der Waals surface area (Å²) in [4.78, 5) is 134. The van der Waals surface area contributed by atoms with Crippen molar-refractivity contribution < 1.29 is 72.0 Å². The molecule has 17 nitrogen and oxygen atoms in total. The van der Waals surface area contributed by atoms with Crippen LogP contribution in [0.25, 0.3) is 0 Å². The minimum atomic E-state index is -2.66. The second kappa shape index (κ2) is 48.9. The van der Waals surface area contributed by atoms with E-state index in [4.69, 9.17) is 143 Å². The molecule has 0 saturated heterocycles. The number of Topliss-reactive ketones (excluding diaryl/α,β-unsaturated/α-hetero) is 8. The molecule has 0 aromatic carbocycles. The topological polar surface area (TPSA) is 252 Å². The molecule has 4 unspecified atom stereocenters. The molecule has 0 aliphatic rings. The molecular formula is C41H62B28N2O15S4. The molecule has 0 aromatic heterocycles. The van der Waals surface area contributed by atoms with E-state index in [9.17, 15) is 53.1 Å². The van der Waals surface area contributed by atoms with Gasteiger partial charge in [-0.3, -0.25) is 14.4 Å². The number of carbonyl (C=O) groups excluding carboxylic acids is 9. The minimum absolute atomic E-state index is 0.00736. The first-order valence-corrected chi connectivity index (χ1v) is 36.8. The van der Waals surface area contributed by atoms with Crippen LogP contribution in [0.4, 0.5) is 0 Å². The average molecular weight is 1250 g/mol. The first kappa shape index (κ1) is 89.3. The van der Waals surface area contributed by atoms with Gasteiger partial charge in [-0.15, -0.1) is 0 Å². The van der Waals surface area contributed by atoms with Gasteiger partial charge < -0.3 is 30.0 Å². The van der Waals surface area contributed by atoms with E-state index in [0.29, 0.717) is 13.2 Å². The Morgan fingerprint density at radius 3 is 1.19 bits per heavy atom. The van der Waals surface area contributed by atoms with Crippen molar-refractivity contribution in [2.24, 2.45) is 17.8 Å². The number of ether oxygens (including phenoxy) is 4. The third kappa shape index (κ3) is 33.5. The molecule has 0 fully saturated rings. The molecule has 4 atom stereocenters. The third-order valence-electron chi connectivity index (χ3n) is 14.5. The van der Waals surface area contributed by atoms with Gasteiger partial charge in [0.2, 0.25) is 5.91 Å². The summed E-state index contributed by atoms with van der Waals surface area (Å²) >= 11 is 0. The fraction of sp³-hybridized carbons (Fsp3) is 0.756. The number of nitrogens with one attached hydrogen (secondary N) is 2. The summed E-state index contributed by atoms with van der Waals surface area (Å²) in [5, 5.41) is 15.0. The fourth-order valence-corrected chi connectivity index (χ4v) is 14.8. The van der Waals surface area contributed by atoms with Crippen LogP contribution in [0, 0.1) is 17.8 Å². The van der Waals surface area contributed by atoms with Crippen LogP contribution >= 0.6 is 34.9 Å². The Bertz CT molecular complexity index is 2890. The maximum atomic E-state index is 14.7. The van der Waals surface area contributed by atoms with E-state index in [-0.39, 0.29) is 121 Å². The van der Waals surface area contributed by atoms with Crippen LogP contribution < -0.4 is 10.6 Å². The molecule has 3 N–H and O–H groups in total. The van der Waals surface area contributed by atoms with Crippen LogP contribution in [0.2, 0.25) is 0 Å². The van der Waals surface area contributed by atoms with E-state index in [2.05, 4.69) is 10.6 Å². The number of carbonyl (C=O) groups is 10. The van der Waals surface area contributed by atoms with E-state index in [1.807, 2.05) is 6.92 Å². The predicted molar refractivity (Wildman–Crippen MR) is 398 cm³/mol. The molecule has 0 rings (SSSR count). The Morgan fingerprint density at radius 2 is 0.778 bits per heavy atom. The summed E-state index contributed by atoms with van der Waals surface area (Å²) in [5.41, 5.74) is 0. The molecule has 0 aliphatic heterocycles. The SMILES string of the molecule is [B]B=S(=B[B])(CC(=O)CCC(CC(=O)CCC(CC(=O)COCCOCCNC(=O)CCC(NCCC(=O)COCCOCC)C(=O)O)C(=O)CC(CCC(=O)CS(=B[B])(=B[B])B([B])[B])C(=O)CS(=B[B])(=B[B])B([B])[B])C(=O)CS(=B[B])(=B[B])B([B])[B])B([B])[B]. The van der Waals surface area contributed by atoms with Gasteiger partial charge in [-0.05, 0) is 13.3 Å². The van der Waals surface area contributed by atoms with Crippen molar-refractivity contribution in [3.05, 3.63) is 0 Å². The molecule has 49 heteroatoms. The summed E-state index contributed by atoms with van der Waals surface area (Å²) in [5.74, 6) is -15.3. The summed E-state index contributed by atoms with van der Waals surface area (Å²) in [6.07, 6.45) is -3.36. The average Bonchev–Trinajstić information content (AvgIpc) is 1.28. The Labute approximate surface area is 563 Å². The number of carboxylic acid groups (broad SMARTS) is 1. The predicted octanol–water partition coefficient (Wildman–Crippen LogP) is -7.56. The standard InChI is InChI=1S/C41H62B28N2O15S4/c1-2-83-15-17-85-22-32(73)11-12-70-36(41(81)82)9-10-40(80)71-13-14-84-16-18-86-23-35(76)20-28(37(77)21-30(39(79)27-90(64-48,65-49)69(56)57)5-8-34(75)25-88(60-44,61-45)67(52)53)3-6-31(72)19-29(38(78)26-89(62-46,63-47)68(54)55)4-7-33(74)24-87(58-42,59-43)66(50)51/h28-30,36,70H,2-27H2,1H3,(H,71,80)(H,81,82). The van der Waals surface area contributed by atoms with Crippen LogP contribution in [0.15, 0.2) is 0 Å². The van der Waals surface area contributed by atoms with Gasteiger partial charge in [0.25, 0.3) is 0 Å². The summed E-state index contributed by atoms with van der Waals surface area (Å²) in [6.45, 7) is 2.20. The molecule has 0 aliphatic carbocycles. The summed E-state index contributed by atoms with van der Waals surface area (Å²) < 4.78 is 21.5. The van der Waals surface area contributed by atoms with Crippen LogP contribution in [-0.2, 0) is 66.9 Å². The van der Waals surface area contributed by atoms with Crippen molar-refractivity contribution in [1.29, 1.82) is 0 Å². The number of rotatable bonds is 52. The third-order valence-corrected chi connectivity index (χ3v) is 25.9. The molecule has 0 saturated carbocycles. The zero-order valence-electron chi connectivity index (χ0n) is 51.7. The Hall–Kier alpha value is -0.682. The van der Waals surface area contributed by atoms with E-state index < -0.39 is 172 Å². The molecule has 0 heterocycles. The fourth-order valence-electron chi connectivity index (χ4n) is 8.62. The van der Waals surface area contributed by atoms with Gasteiger partial charge in [0, 0.05) is 32.5 Å². The van der Waals surface area contributed by atoms with Crippen LogP contribution in [0.5, 0.6) is 0 Å². The molecule has 32 radical (unpaired) electrons. The monoisotopic (exact) mass is 1260 g/mol. The zero-order valence-corrected chi connectivity index (χ0v) is 54.9. The van der Waals surface area contributed by atoms with E-state index in [1.165, 1.54) is 12.1 Å². The molecule has 0 aromatic rings. The second-order valence-corrected chi connectivity index (χ2v) is 33.7. The van der Waals surface area contributed by atoms with Gasteiger partial charge >= 0.3 is 427 Å². The van der Waals surface area contributed by atoms with Crippen LogP contribution in [-0.4, -0.2) is 353 Å². The van der Waals surface area contributed by atoms with Gasteiger partial charge in [-0.2, -0.15) is 0 Å². The first-order valence-electron chi connectivity index (χ1n) is 28.8. The molecular weight excluding hydrogens is 1190 g/mol. The second-order valence-electron chi connectivity index (χ2n) is 21.0. The molecule has 90 heavy (non-hydrogen) atoms. The number of aliphatic carboxylic acids is 1. The van der Waals surface area contributed by atoms with E-state index in [1.54, 1.807) is 0 Å². The molecule has 0 spiro atoms. The van der Waals surface area contributed by atoms with Crippen LogP contribution in [0.3, 0.4) is 0 Å². The van der Waals surface area contributed by atoms with Crippen molar-refractivity contribution in [2.45, 2.75) is 90.0 Å². The quantitative estimate of drug-likeness (QED) is 0.0378. The molecule has 1 amide bonds. The normalized spacial score (nSPS) is 12.5. The first-order chi connectivity index (χ1) is 42.5. The van der Waals surface area contributed by atoms with Crippen molar-refractivity contribution in [2.75, 3.05) is 89.0 Å². The Balaban J connectivity index is 6.63. The van der Waals surface area contributed by atoms with Crippen LogP contribution in [0.1, 0.15) is 84.0 Å². The summed E-state index contributed by atoms with van der Waals surface area (Å²) in [7, 11) is 84.7. The van der Waals surface area contributed by atoms with Crippen molar-refractivity contribution in [3.8, 4) is 0 Å². The Kier molecular flexibility index (Phi) is 48.6. The van der Waals surface area contributed by atoms with Crippen molar-refractivity contribution in [1.82, 2.24) is 10.6 Å². The molecule has 434 valence electrons. The number of carboxylic acids is 1.